The maximum absolute atomic E-state index is 13.1. The minimum absolute atomic E-state index is 0.0384. The number of nitrogens with one attached hydrogen (secondary N) is 2. The number of rotatable bonds is 5. The molecule has 1 unspecified atom stereocenters. The fourth-order valence-corrected chi connectivity index (χ4v) is 4.02. The van der Waals surface area contributed by atoms with E-state index in [1.165, 1.54) is 0 Å². The molecule has 6 nitrogen and oxygen atoms in total. The van der Waals surface area contributed by atoms with Gasteiger partial charge in [-0.1, -0.05) is 6.92 Å². The monoisotopic (exact) mass is 333 g/mol. The number of carbonyl (C=O) groups excluding carboxylic acids is 1. The molecule has 124 valence electrons. The van der Waals surface area contributed by atoms with Crippen LogP contribution in [0.25, 0.3) is 0 Å². The van der Waals surface area contributed by atoms with Gasteiger partial charge in [0, 0.05) is 23.5 Å². The van der Waals surface area contributed by atoms with Crippen LogP contribution >= 0.6 is 11.3 Å². The normalized spacial score (nSPS) is 18.5. The van der Waals surface area contributed by atoms with Crippen molar-refractivity contribution in [2.24, 2.45) is 0 Å². The van der Waals surface area contributed by atoms with Gasteiger partial charge in [0.15, 0.2) is 0 Å². The largest absolute Gasteiger partial charge is 0.345 e. The maximum Gasteiger partial charge on any atom is 0.248 e. The molecule has 23 heavy (non-hydrogen) atoms. The topological polar surface area (TPSA) is 71.8 Å². The zero-order chi connectivity index (χ0) is 16.3. The average Bonchev–Trinajstić information content (AvgIpc) is 3.25. The van der Waals surface area contributed by atoms with Crippen LogP contribution in [0.2, 0.25) is 0 Å². The Balaban J connectivity index is 1.83. The second-order valence-electron chi connectivity index (χ2n) is 5.99. The standard InChI is InChI=1S/C16H23N5OS/c1-3-13(14-19-12(2)11-23-14)20-15(22)16(5-8-17-9-6-16)21-10-4-7-18-21/h4,7,10-11,13,17H,3,5-6,8-9H2,1-2H3,(H,20,22). The summed E-state index contributed by atoms with van der Waals surface area (Å²) in [6.07, 6.45) is 5.94. The number of hydrogen-bond donors (Lipinski definition) is 2. The third-order valence-electron chi connectivity index (χ3n) is 4.44. The Morgan fingerprint density at radius 3 is 2.87 bits per heavy atom. The molecule has 0 saturated carbocycles. The molecule has 2 N–H and O–H groups in total. The zero-order valence-corrected chi connectivity index (χ0v) is 14.4. The van der Waals surface area contributed by atoms with Crippen LogP contribution in [0.15, 0.2) is 23.8 Å². The number of aryl methyl sites for hydroxylation is 1. The lowest BCUT2D eigenvalue weighted by Crippen LogP contribution is -2.55. The molecule has 3 heterocycles. The molecule has 2 aromatic heterocycles. The molecule has 0 aliphatic carbocycles. The van der Waals surface area contributed by atoms with Gasteiger partial charge in [0.25, 0.3) is 0 Å². The van der Waals surface area contributed by atoms with Gasteiger partial charge in [0.05, 0.1) is 6.04 Å². The van der Waals surface area contributed by atoms with E-state index in [0.29, 0.717) is 0 Å². The van der Waals surface area contributed by atoms with Gasteiger partial charge in [-0.3, -0.25) is 9.48 Å². The SMILES string of the molecule is CCC(NC(=O)C1(n2cccn2)CCNCC1)c1nc(C)cs1. The molecule has 7 heteroatoms. The van der Waals surface area contributed by atoms with Crippen LogP contribution in [0.4, 0.5) is 0 Å². The molecular formula is C16H23N5OS. The first-order valence-electron chi connectivity index (χ1n) is 8.09. The number of thiazole rings is 1. The smallest absolute Gasteiger partial charge is 0.248 e. The van der Waals surface area contributed by atoms with Crippen molar-refractivity contribution in [2.45, 2.75) is 44.7 Å². The quantitative estimate of drug-likeness (QED) is 0.878. The summed E-state index contributed by atoms with van der Waals surface area (Å²) in [6, 6.07) is 1.84. The van der Waals surface area contributed by atoms with E-state index < -0.39 is 5.54 Å². The Morgan fingerprint density at radius 1 is 1.52 bits per heavy atom. The van der Waals surface area contributed by atoms with Crippen LogP contribution in [0.5, 0.6) is 0 Å². The molecule has 1 fully saturated rings. The van der Waals surface area contributed by atoms with E-state index in [1.54, 1.807) is 17.5 Å². The van der Waals surface area contributed by atoms with Gasteiger partial charge < -0.3 is 10.6 Å². The first kappa shape index (κ1) is 16.1. The van der Waals surface area contributed by atoms with Crippen molar-refractivity contribution in [3.63, 3.8) is 0 Å². The molecule has 2 aromatic rings. The van der Waals surface area contributed by atoms with Crippen molar-refractivity contribution in [2.75, 3.05) is 13.1 Å². The second-order valence-corrected chi connectivity index (χ2v) is 6.88. The fraction of sp³-hybridized carbons (Fsp3) is 0.562. The number of nitrogens with zero attached hydrogens (tertiary/aromatic N) is 3. The molecule has 0 spiro atoms. The van der Waals surface area contributed by atoms with Crippen molar-refractivity contribution in [3.8, 4) is 0 Å². The van der Waals surface area contributed by atoms with E-state index >= 15 is 0 Å². The number of amides is 1. The van der Waals surface area contributed by atoms with E-state index in [9.17, 15) is 4.79 Å². The van der Waals surface area contributed by atoms with Crippen molar-refractivity contribution in [1.29, 1.82) is 0 Å². The Bertz CT molecular complexity index is 645. The maximum atomic E-state index is 13.1. The summed E-state index contributed by atoms with van der Waals surface area (Å²) in [5.74, 6) is 0.0439. The number of aromatic nitrogens is 3. The van der Waals surface area contributed by atoms with Gasteiger partial charge in [0.2, 0.25) is 5.91 Å². The second kappa shape index (κ2) is 6.80. The van der Waals surface area contributed by atoms with Crippen LogP contribution in [0.1, 0.15) is 42.9 Å². The van der Waals surface area contributed by atoms with Crippen molar-refractivity contribution < 1.29 is 4.79 Å². The first-order valence-corrected chi connectivity index (χ1v) is 8.97. The summed E-state index contributed by atoms with van der Waals surface area (Å²) in [4.78, 5) is 17.7. The van der Waals surface area contributed by atoms with Gasteiger partial charge >= 0.3 is 0 Å². The number of hydrogen-bond acceptors (Lipinski definition) is 5. The number of carbonyl (C=O) groups is 1. The van der Waals surface area contributed by atoms with Crippen LogP contribution in [0.3, 0.4) is 0 Å². The number of piperidine rings is 1. The summed E-state index contributed by atoms with van der Waals surface area (Å²) < 4.78 is 1.82. The van der Waals surface area contributed by atoms with Gasteiger partial charge in [-0.25, -0.2) is 4.98 Å². The van der Waals surface area contributed by atoms with Crippen molar-refractivity contribution in [3.05, 3.63) is 34.5 Å². The van der Waals surface area contributed by atoms with E-state index in [-0.39, 0.29) is 11.9 Å². The summed E-state index contributed by atoms with van der Waals surface area (Å²) in [6.45, 7) is 5.69. The highest BCUT2D eigenvalue weighted by atomic mass is 32.1. The van der Waals surface area contributed by atoms with Gasteiger partial charge in [0.1, 0.15) is 10.5 Å². The molecule has 1 atom stereocenters. The molecule has 0 aromatic carbocycles. The Labute approximate surface area is 140 Å². The first-order chi connectivity index (χ1) is 11.2. The minimum atomic E-state index is -0.603. The average molecular weight is 333 g/mol. The van der Waals surface area contributed by atoms with Crippen LogP contribution in [-0.4, -0.2) is 33.8 Å². The molecule has 1 saturated heterocycles. The predicted molar refractivity (Wildman–Crippen MR) is 90.3 cm³/mol. The minimum Gasteiger partial charge on any atom is -0.345 e. The predicted octanol–water partition coefficient (Wildman–Crippen LogP) is 1.99. The van der Waals surface area contributed by atoms with E-state index in [0.717, 1.165) is 43.1 Å². The zero-order valence-electron chi connectivity index (χ0n) is 13.6. The summed E-state index contributed by atoms with van der Waals surface area (Å²) in [7, 11) is 0. The Morgan fingerprint density at radius 2 is 2.30 bits per heavy atom. The molecule has 1 aliphatic rings. The lowest BCUT2D eigenvalue weighted by atomic mass is 9.87. The molecular weight excluding hydrogens is 310 g/mol. The summed E-state index contributed by atoms with van der Waals surface area (Å²) in [5.41, 5.74) is 0.399. The lowest BCUT2D eigenvalue weighted by Gasteiger charge is -2.37. The van der Waals surface area contributed by atoms with Gasteiger partial charge in [-0.05, 0) is 45.3 Å². The molecule has 0 bridgehead atoms. The third kappa shape index (κ3) is 3.16. The fourth-order valence-electron chi connectivity index (χ4n) is 3.09. The summed E-state index contributed by atoms with van der Waals surface area (Å²) >= 11 is 1.61. The molecule has 3 rings (SSSR count). The highest BCUT2D eigenvalue weighted by molar-refractivity contribution is 7.09. The molecule has 1 amide bonds. The Hall–Kier alpha value is -1.73. The van der Waals surface area contributed by atoms with Crippen LogP contribution < -0.4 is 10.6 Å². The van der Waals surface area contributed by atoms with E-state index in [1.807, 2.05) is 29.2 Å². The van der Waals surface area contributed by atoms with Crippen LogP contribution in [0, 0.1) is 6.92 Å². The molecule has 1 aliphatic heterocycles. The van der Waals surface area contributed by atoms with E-state index in [2.05, 4.69) is 27.6 Å². The van der Waals surface area contributed by atoms with E-state index in [4.69, 9.17) is 0 Å². The van der Waals surface area contributed by atoms with Crippen LogP contribution in [-0.2, 0) is 10.3 Å². The molecule has 0 radical (unpaired) electrons. The van der Waals surface area contributed by atoms with Crippen molar-refractivity contribution in [1.82, 2.24) is 25.4 Å². The Kier molecular flexibility index (Phi) is 4.77. The van der Waals surface area contributed by atoms with Gasteiger partial charge in [-0.15, -0.1) is 11.3 Å². The summed E-state index contributed by atoms with van der Waals surface area (Å²) in [5, 5.41) is 13.9. The van der Waals surface area contributed by atoms with Gasteiger partial charge in [-0.2, -0.15) is 5.10 Å². The highest BCUT2D eigenvalue weighted by Gasteiger charge is 2.42. The highest BCUT2D eigenvalue weighted by Crippen LogP contribution is 2.29. The third-order valence-corrected chi connectivity index (χ3v) is 5.52. The lowest BCUT2D eigenvalue weighted by molar-refractivity contribution is -0.132. The van der Waals surface area contributed by atoms with Crippen molar-refractivity contribution >= 4 is 17.2 Å².